The summed E-state index contributed by atoms with van der Waals surface area (Å²) in [5, 5.41) is 41.4. The van der Waals surface area contributed by atoms with Gasteiger partial charge in [-0.25, -0.2) is 47.3 Å². The smallest absolute Gasteiger partial charge is 0.407 e. The van der Waals surface area contributed by atoms with Crippen molar-refractivity contribution in [1.29, 1.82) is 0 Å². The summed E-state index contributed by atoms with van der Waals surface area (Å²) >= 11 is 0. The predicted molar refractivity (Wildman–Crippen MR) is 504 cm³/mol. The van der Waals surface area contributed by atoms with Gasteiger partial charge in [0.25, 0.3) is 23.5 Å². The Morgan fingerprint density at radius 3 is 2.13 bits per heavy atom. The second-order valence-electron chi connectivity index (χ2n) is 37.2. The van der Waals surface area contributed by atoms with E-state index in [2.05, 4.69) is 40.5 Å². The van der Waals surface area contributed by atoms with Crippen LogP contribution in [0.2, 0.25) is 0 Å². The molecule has 5 fully saturated rings. The first-order valence-electron chi connectivity index (χ1n) is 47.5. The standard InChI is InChI=1S/C99H135FN14O21S/c1-61-17-13-12-14-18-62(2)81(128-9)52-75-24-20-67(7)99(125,135-75)91(119)94(122)114-32-16-15-19-77(114)95(123)133-82(53-78(115)63(3)48-66(6)89(118)90(130-11)88(117)65(5)47-61)64(4)49-69-21-26-80(83(50-69)129-10)134-98(124)108-56-70-54-104-96(105-55-70)112-39-37-110(38-40-112)86(116)30-43-131-44-41-109-33-35-111(36-34-109)97-106-58-74(59-107-97)92(120)102-31-46-136(126,127)84-28-25-76(68(8)87(84)100)93(121)113-42-45-132-79-27-22-71(51-73(79)60-113)72-23-29-85(101)103-57-72/h12-14,17-18,22-23,25,27-29,48,51,54-55,57-59,61,63-65,67,69,75,77-78,80-83,89-90,115,118,125H,15-16,19-21,24,26,30-47,49-50,52-53,56,60H2,1-11H3,(H2,101,103)(H,102,120)(H,108,124)/b14-12+,17-13+,62-18+,66-48+/t61-,63-,64-,65-,67-,69+,75+,77+,78-,80-,81+,82+,83-,89-,90+,99-/m1/s1. The molecule has 1 saturated carbocycles. The van der Waals surface area contributed by atoms with Crippen LogP contribution in [-0.4, -0.2) is 302 Å². The van der Waals surface area contributed by atoms with Gasteiger partial charge in [0.2, 0.25) is 23.6 Å². The molecule has 16 atom stereocenters. The number of carbonyl (C=O) groups is 8. The van der Waals surface area contributed by atoms with E-state index in [-0.39, 0.29) is 112 Å². The van der Waals surface area contributed by atoms with Crippen molar-refractivity contribution >= 4 is 74.8 Å². The zero-order valence-electron chi connectivity index (χ0n) is 79.9. The lowest BCUT2D eigenvalue weighted by Gasteiger charge is -2.43. The molecule has 35 nitrogen and oxygen atoms in total. The molecular formula is C99H135FN14O21S. The summed E-state index contributed by atoms with van der Waals surface area (Å²) in [6.07, 6.45) is 16.3. The number of sulfone groups is 1. The number of carbonyl (C=O) groups excluding carboxylic acids is 8. The van der Waals surface area contributed by atoms with Gasteiger partial charge < -0.3 is 94.1 Å². The lowest BCUT2D eigenvalue weighted by Crippen LogP contribution is -2.61. The monoisotopic (exact) mass is 1910 g/mol. The van der Waals surface area contributed by atoms with Gasteiger partial charge >= 0.3 is 12.1 Å². The first-order valence-corrected chi connectivity index (χ1v) is 49.2. The molecule has 5 amide bonds. The highest BCUT2D eigenvalue weighted by Crippen LogP contribution is 2.40. The van der Waals surface area contributed by atoms with E-state index in [4.69, 9.17) is 43.6 Å². The number of allylic oxidation sites excluding steroid dienone is 5. The molecule has 6 aliphatic heterocycles. The van der Waals surface area contributed by atoms with E-state index in [1.165, 1.54) is 42.3 Å². The van der Waals surface area contributed by atoms with E-state index >= 15 is 4.39 Å². The topological polar surface area (TPSA) is 439 Å². The highest BCUT2D eigenvalue weighted by molar-refractivity contribution is 7.91. The van der Waals surface area contributed by atoms with Gasteiger partial charge in [0.05, 0.1) is 61.9 Å². The van der Waals surface area contributed by atoms with Gasteiger partial charge in [0, 0.05) is 190 Å². The molecule has 740 valence electrons. The van der Waals surface area contributed by atoms with Crippen molar-refractivity contribution in [2.45, 2.75) is 218 Å². The second-order valence-corrected chi connectivity index (χ2v) is 39.3. The zero-order valence-corrected chi connectivity index (χ0v) is 80.8. The second kappa shape index (κ2) is 48.6. The molecule has 7 aliphatic rings. The number of ketones is 2. The number of pyridine rings is 1. The van der Waals surface area contributed by atoms with Crippen LogP contribution in [0.5, 0.6) is 5.75 Å². The van der Waals surface area contributed by atoms with Crippen LogP contribution in [0.15, 0.2) is 126 Å². The number of aliphatic hydroxyl groups is 3. The van der Waals surface area contributed by atoms with Crippen LogP contribution in [0.1, 0.15) is 169 Å². The molecule has 0 unspecified atom stereocenters. The van der Waals surface area contributed by atoms with Gasteiger partial charge in [-0.15, -0.1) is 0 Å². The van der Waals surface area contributed by atoms with Crippen molar-refractivity contribution in [3.05, 3.63) is 155 Å². The molecule has 2 aromatic carbocycles. The number of methoxy groups -OCH3 is 3. The molecule has 4 saturated heterocycles. The van der Waals surface area contributed by atoms with Gasteiger partial charge in [0.1, 0.15) is 59.3 Å². The first kappa shape index (κ1) is 104. The average Bonchev–Trinajstić information content (AvgIpc) is 0.824. The number of anilines is 3. The number of nitrogens with two attached hydrogens (primary N) is 1. The summed E-state index contributed by atoms with van der Waals surface area (Å²) in [6, 6.07) is 10.3. The third-order valence-corrected chi connectivity index (χ3v) is 29.3. The third-order valence-electron chi connectivity index (χ3n) is 27.5. The Kier molecular flexibility index (Phi) is 37.3. The number of hydrogen-bond donors (Lipinski definition) is 6. The Bertz CT molecular complexity index is 5190. The van der Waals surface area contributed by atoms with Crippen molar-refractivity contribution in [3.63, 3.8) is 0 Å². The van der Waals surface area contributed by atoms with Crippen LogP contribution in [0.4, 0.5) is 26.9 Å². The maximum absolute atomic E-state index is 16.0. The first-order chi connectivity index (χ1) is 65.1. The van der Waals surface area contributed by atoms with Crippen molar-refractivity contribution in [1.82, 2.24) is 55.2 Å². The number of piperidine rings is 1. The molecule has 9 heterocycles. The number of nitrogens with zero attached hydrogens (tertiary/aromatic N) is 11. The summed E-state index contributed by atoms with van der Waals surface area (Å²) in [4.78, 5) is 144. The molecule has 7 N–H and O–H groups in total. The number of rotatable bonds is 24. The summed E-state index contributed by atoms with van der Waals surface area (Å²) in [6.45, 7) is 20.3. The number of benzene rings is 2. The summed E-state index contributed by atoms with van der Waals surface area (Å²) < 4.78 is 91.2. The largest absolute Gasteiger partial charge is 0.491 e. The molecule has 2 bridgehead atoms. The summed E-state index contributed by atoms with van der Waals surface area (Å²) in [5.74, 6) is -9.02. The fourth-order valence-electron chi connectivity index (χ4n) is 19.0. The van der Waals surface area contributed by atoms with Crippen LogP contribution >= 0.6 is 0 Å². The molecule has 12 rings (SSSR count). The molecule has 136 heavy (non-hydrogen) atoms. The number of hydrogen-bond acceptors (Lipinski definition) is 30. The van der Waals surface area contributed by atoms with E-state index in [9.17, 15) is 62.1 Å². The van der Waals surface area contributed by atoms with Crippen molar-refractivity contribution in [2.75, 3.05) is 141 Å². The number of nitrogen functional groups attached to an aromatic ring is 1. The molecule has 5 aromatic rings. The summed E-state index contributed by atoms with van der Waals surface area (Å²) in [5.41, 5.74) is 10.0. The number of amides is 5. The van der Waals surface area contributed by atoms with E-state index in [0.717, 1.165) is 28.3 Å². The number of alkyl carbamates (subject to hydrolysis) is 1. The van der Waals surface area contributed by atoms with Crippen LogP contribution in [0, 0.1) is 48.2 Å². The molecule has 3 aromatic heterocycles. The number of Topliss-reactive ketones (excluding diaryl/α,β-unsaturated/α-hetero) is 2. The van der Waals surface area contributed by atoms with Crippen molar-refractivity contribution in [3.8, 4) is 16.9 Å². The number of fused-ring (bicyclic) bond motifs is 4. The van der Waals surface area contributed by atoms with Crippen LogP contribution < -0.4 is 30.9 Å². The SMILES string of the molecule is CO[C@H]1C[C@@H]2CC[C@@H](C)[C@@](O)(O2)C(=O)C(=O)N2CCCC[C@H]2C(=O)O[C@H]([C@H](C)C[C@@H]2CC[C@@H](OC(=O)NCc3cnc(N4CCN(C(=O)CCOCCN5CCN(c6ncc(C(=O)NCCS(=O)(=O)c7ccc(C(=O)N8CCOc9ccc(-c%10ccc(N)nc%10)cc9C8)c(C)c7F)cn6)CC5)CC4)nc3)[C@H](OC)C2)C[C@@H](O)[C@H](C)/C=C(\C)[C@@H](O)[C@@H](OC)C(=O)[C@H](C)C[C@H](C)/C=C/C=C/C=C/1C. The number of cyclic esters (lactones) is 1. The minimum absolute atomic E-state index is 0.00901. The Morgan fingerprint density at radius 1 is 0.721 bits per heavy atom. The quantitative estimate of drug-likeness (QED) is 0.0145. The van der Waals surface area contributed by atoms with Gasteiger partial charge in [-0.3, -0.25) is 33.7 Å². The molecule has 0 spiro atoms. The maximum Gasteiger partial charge on any atom is 0.407 e. The molecule has 37 heteroatoms. The number of esters is 1. The Labute approximate surface area is 795 Å². The van der Waals surface area contributed by atoms with Crippen molar-refractivity contribution < 1.29 is 104 Å². The van der Waals surface area contributed by atoms with E-state index in [0.29, 0.717) is 158 Å². The van der Waals surface area contributed by atoms with Gasteiger partial charge in [-0.2, -0.15) is 0 Å². The van der Waals surface area contributed by atoms with Crippen LogP contribution in [-0.2, 0) is 80.1 Å². The maximum atomic E-state index is 16.0. The number of aromatic nitrogens is 5. The lowest BCUT2D eigenvalue weighted by molar-refractivity contribution is -0.265. The van der Waals surface area contributed by atoms with Gasteiger partial charge in [-0.05, 0) is 161 Å². The third kappa shape index (κ3) is 27.1. The van der Waals surface area contributed by atoms with E-state index < -0.39 is 146 Å². The average molecular weight is 1910 g/mol. The Hall–Kier alpha value is -10.6. The summed E-state index contributed by atoms with van der Waals surface area (Å²) in [7, 11) is 0.231. The van der Waals surface area contributed by atoms with Gasteiger partial charge in [0.15, 0.2) is 15.6 Å². The highest BCUT2D eigenvalue weighted by Gasteiger charge is 2.54. The minimum atomic E-state index is -4.27. The lowest BCUT2D eigenvalue weighted by atomic mass is 9.78. The highest BCUT2D eigenvalue weighted by atomic mass is 32.2. The molecule has 1 aliphatic carbocycles. The Morgan fingerprint density at radius 2 is 1.43 bits per heavy atom. The number of nitrogens with one attached hydrogen (secondary N) is 2. The molecule has 0 radical (unpaired) electrons. The Balaban J connectivity index is 0.550. The number of piperazine rings is 2. The van der Waals surface area contributed by atoms with Crippen LogP contribution in [0.25, 0.3) is 11.1 Å². The van der Waals surface area contributed by atoms with Gasteiger partial charge in [-0.1, -0.05) is 77.1 Å². The normalized spacial score (nSPS) is 28.0. The number of ether oxygens (including phenoxy) is 8. The fourth-order valence-corrected chi connectivity index (χ4v) is 20.3. The predicted octanol–water partition coefficient (Wildman–Crippen LogP) is 8.69. The number of halogens is 1. The minimum Gasteiger partial charge on any atom is -0.491 e. The van der Waals surface area contributed by atoms with E-state index in [1.54, 1.807) is 70.6 Å². The fraction of sp³-hybridized carbons (Fsp3) is 0.586. The zero-order chi connectivity index (χ0) is 97.7. The van der Waals surface area contributed by atoms with Crippen LogP contribution in [0.3, 0.4) is 0 Å². The number of aliphatic hydroxyl groups excluding tert-OH is 2. The molecular weight excluding hydrogens is 1770 g/mol. The van der Waals surface area contributed by atoms with E-state index in [1.807, 2.05) is 92.1 Å². The van der Waals surface area contributed by atoms with Crippen molar-refractivity contribution in [2.24, 2.45) is 35.5 Å².